The van der Waals surface area contributed by atoms with Crippen LogP contribution in [0.3, 0.4) is 0 Å². The highest BCUT2D eigenvalue weighted by Crippen LogP contribution is 2.39. The minimum atomic E-state index is -4.45. The summed E-state index contributed by atoms with van der Waals surface area (Å²) < 4.78 is 54.4. The number of fused-ring (bicyclic) bond motifs is 3. The van der Waals surface area contributed by atoms with E-state index >= 15 is 0 Å². The number of hydrogen-bond acceptors (Lipinski definition) is 3. The van der Waals surface area contributed by atoms with Crippen molar-refractivity contribution in [2.24, 2.45) is 5.92 Å². The van der Waals surface area contributed by atoms with Crippen LogP contribution in [0.2, 0.25) is 0 Å². The van der Waals surface area contributed by atoms with Gasteiger partial charge in [-0.1, -0.05) is 48.5 Å². The monoisotopic (exact) mass is 511 g/mol. The summed E-state index contributed by atoms with van der Waals surface area (Å²) in [4.78, 5) is 17.8. The molecule has 1 amide bonds. The molecule has 0 aliphatic carbocycles. The van der Waals surface area contributed by atoms with Crippen LogP contribution in [0.4, 0.5) is 23.2 Å². The van der Waals surface area contributed by atoms with Gasteiger partial charge in [-0.25, -0.2) is 4.39 Å². The SMILES string of the molecule is O=C(NCc1ccccc1F)[C@H]1Cc2cc(C(F)(F)F)ccc2N2CCN(CCc3ccccc3)C[C@@H]12. The molecule has 37 heavy (non-hydrogen) atoms. The van der Waals surface area contributed by atoms with E-state index in [1.807, 2.05) is 18.2 Å². The van der Waals surface area contributed by atoms with Gasteiger partial charge in [-0.3, -0.25) is 9.69 Å². The molecule has 1 fully saturated rings. The number of rotatable bonds is 6. The number of nitrogens with one attached hydrogen (secondary N) is 1. The van der Waals surface area contributed by atoms with Crippen molar-refractivity contribution in [1.29, 1.82) is 0 Å². The predicted octanol–water partition coefficient (Wildman–Crippen LogP) is 5.07. The highest BCUT2D eigenvalue weighted by molar-refractivity contribution is 5.82. The maximum atomic E-state index is 14.1. The van der Waals surface area contributed by atoms with E-state index in [1.54, 1.807) is 18.2 Å². The van der Waals surface area contributed by atoms with Crippen LogP contribution in [-0.2, 0) is 30.4 Å². The number of amides is 1. The molecule has 1 N–H and O–H groups in total. The fraction of sp³-hybridized carbons (Fsp3) is 0.345. The Balaban J connectivity index is 1.37. The summed E-state index contributed by atoms with van der Waals surface area (Å²) in [6, 6.07) is 20.1. The van der Waals surface area contributed by atoms with Crippen molar-refractivity contribution < 1.29 is 22.4 Å². The molecular formula is C29H29F4N3O. The summed E-state index contributed by atoms with van der Waals surface area (Å²) in [5.41, 5.74) is 2.18. The summed E-state index contributed by atoms with van der Waals surface area (Å²) >= 11 is 0. The van der Waals surface area contributed by atoms with Crippen LogP contribution >= 0.6 is 0 Å². The van der Waals surface area contributed by atoms with Crippen molar-refractivity contribution in [3.63, 3.8) is 0 Å². The van der Waals surface area contributed by atoms with Gasteiger partial charge >= 0.3 is 6.18 Å². The Bertz CT molecular complexity index is 1250. The molecule has 1 saturated heterocycles. The summed E-state index contributed by atoms with van der Waals surface area (Å²) in [7, 11) is 0. The zero-order valence-electron chi connectivity index (χ0n) is 20.3. The maximum Gasteiger partial charge on any atom is 0.416 e. The van der Waals surface area contributed by atoms with Crippen molar-refractivity contribution in [2.75, 3.05) is 31.1 Å². The van der Waals surface area contributed by atoms with Gasteiger partial charge in [-0.05, 0) is 48.2 Å². The van der Waals surface area contributed by atoms with E-state index in [1.165, 1.54) is 23.8 Å². The summed E-state index contributed by atoms with van der Waals surface area (Å²) in [6.07, 6.45) is -3.37. The maximum absolute atomic E-state index is 14.1. The number of halogens is 4. The largest absolute Gasteiger partial charge is 0.416 e. The lowest BCUT2D eigenvalue weighted by Gasteiger charge is -2.49. The van der Waals surface area contributed by atoms with Crippen molar-refractivity contribution >= 4 is 11.6 Å². The molecule has 0 aromatic heterocycles. The molecule has 3 aromatic carbocycles. The van der Waals surface area contributed by atoms with Crippen LogP contribution < -0.4 is 10.2 Å². The molecular weight excluding hydrogens is 482 g/mol. The summed E-state index contributed by atoms with van der Waals surface area (Å²) in [5, 5.41) is 2.84. The molecule has 2 heterocycles. The van der Waals surface area contributed by atoms with E-state index in [0.717, 1.165) is 31.3 Å². The van der Waals surface area contributed by atoms with Crippen LogP contribution in [-0.4, -0.2) is 43.0 Å². The predicted molar refractivity (Wildman–Crippen MR) is 135 cm³/mol. The second kappa shape index (κ2) is 10.5. The molecule has 0 spiro atoms. The van der Waals surface area contributed by atoms with Gasteiger partial charge < -0.3 is 10.2 Å². The van der Waals surface area contributed by atoms with E-state index in [9.17, 15) is 22.4 Å². The molecule has 2 aliphatic heterocycles. The number of nitrogens with zero attached hydrogens (tertiary/aromatic N) is 2. The van der Waals surface area contributed by atoms with Crippen molar-refractivity contribution in [3.8, 4) is 0 Å². The van der Waals surface area contributed by atoms with E-state index in [2.05, 4.69) is 27.2 Å². The Morgan fingerprint density at radius 2 is 1.73 bits per heavy atom. The van der Waals surface area contributed by atoms with Crippen LogP contribution in [0.5, 0.6) is 0 Å². The molecule has 0 radical (unpaired) electrons. The minimum absolute atomic E-state index is 0.0297. The molecule has 0 saturated carbocycles. The average Bonchev–Trinajstić information content (AvgIpc) is 2.90. The molecule has 5 rings (SSSR count). The van der Waals surface area contributed by atoms with Crippen molar-refractivity contribution in [3.05, 3.63) is 101 Å². The first kappa shape index (κ1) is 25.3. The Kier molecular flexibility index (Phi) is 7.20. The number of alkyl halides is 3. The Hall–Kier alpha value is -3.39. The van der Waals surface area contributed by atoms with Gasteiger partial charge in [0.25, 0.3) is 0 Å². The molecule has 0 unspecified atom stereocenters. The third-order valence-electron chi connectivity index (χ3n) is 7.43. The Morgan fingerprint density at radius 3 is 2.49 bits per heavy atom. The van der Waals surface area contributed by atoms with Gasteiger partial charge in [0.2, 0.25) is 5.91 Å². The zero-order chi connectivity index (χ0) is 26.0. The van der Waals surface area contributed by atoms with Gasteiger partial charge in [0, 0.05) is 44.0 Å². The van der Waals surface area contributed by atoms with E-state index < -0.39 is 23.5 Å². The molecule has 0 bridgehead atoms. The van der Waals surface area contributed by atoms with Gasteiger partial charge in [-0.2, -0.15) is 13.2 Å². The third-order valence-corrected chi connectivity index (χ3v) is 7.43. The van der Waals surface area contributed by atoms with Gasteiger partial charge in [-0.15, -0.1) is 0 Å². The number of benzene rings is 3. The number of hydrogen-bond donors (Lipinski definition) is 1. The summed E-state index contributed by atoms with van der Waals surface area (Å²) in [6.45, 7) is 2.87. The number of piperazine rings is 1. The number of carbonyl (C=O) groups is 1. The van der Waals surface area contributed by atoms with E-state index in [0.29, 0.717) is 24.2 Å². The molecule has 4 nitrogen and oxygen atoms in total. The van der Waals surface area contributed by atoms with Crippen LogP contribution in [0.15, 0.2) is 72.8 Å². The standard InChI is InChI=1S/C29H29F4N3O/c30-25-9-5-4-8-21(25)18-34-28(37)24-17-22-16-23(29(31,32)33)10-11-26(22)36-15-14-35(19-27(24)36)13-12-20-6-2-1-3-7-20/h1-11,16,24,27H,12-15,17-19H2,(H,34,37)/t24-,27-/m0/s1. The van der Waals surface area contributed by atoms with E-state index in [-0.39, 0.29) is 24.9 Å². The lowest BCUT2D eigenvalue weighted by atomic mass is 9.82. The molecule has 2 atom stereocenters. The average molecular weight is 512 g/mol. The van der Waals surface area contributed by atoms with Gasteiger partial charge in [0.15, 0.2) is 0 Å². The van der Waals surface area contributed by atoms with Crippen LogP contribution in [0, 0.1) is 11.7 Å². The molecule has 3 aromatic rings. The Labute approximate surface area is 213 Å². The van der Waals surface area contributed by atoms with Gasteiger partial charge in [0.05, 0.1) is 17.5 Å². The normalized spacial score (nSPS) is 19.7. The molecule has 194 valence electrons. The fourth-order valence-electron chi connectivity index (χ4n) is 5.45. The lowest BCUT2D eigenvalue weighted by molar-refractivity contribution is -0.137. The highest BCUT2D eigenvalue weighted by Gasteiger charge is 2.42. The second-order valence-corrected chi connectivity index (χ2v) is 9.76. The topological polar surface area (TPSA) is 35.6 Å². The first-order valence-corrected chi connectivity index (χ1v) is 12.5. The summed E-state index contributed by atoms with van der Waals surface area (Å²) in [5.74, 6) is -1.23. The molecule has 2 aliphatic rings. The zero-order valence-corrected chi connectivity index (χ0v) is 20.3. The second-order valence-electron chi connectivity index (χ2n) is 9.76. The van der Waals surface area contributed by atoms with Crippen LogP contribution in [0.1, 0.15) is 22.3 Å². The quantitative estimate of drug-likeness (QED) is 0.470. The van der Waals surface area contributed by atoms with Crippen molar-refractivity contribution in [1.82, 2.24) is 10.2 Å². The number of carbonyl (C=O) groups excluding carboxylic acids is 1. The van der Waals surface area contributed by atoms with Crippen molar-refractivity contribution in [2.45, 2.75) is 31.6 Å². The highest BCUT2D eigenvalue weighted by atomic mass is 19.4. The smallest absolute Gasteiger partial charge is 0.365 e. The first-order valence-electron chi connectivity index (χ1n) is 12.5. The first-order chi connectivity index (χ1) is 17.8. The third kappa shape index (κ3) is 5.64. The van der Waals surface area contributed by atoms with Gasteiger partial charge in [0.1, 0.15) is 5.82 Å². The number of anilines is 1. The van der Waals surface area contributed by atoms with E-state index in [4.69, 9.17) is 0 Å². The van der Waals surface area contributed by atoms with Crippen LogP contribution in [0.25, 0.3) is 0 Å². The lowest BCUT2D eigenvalue weighted by Crippen LogP contribution is -2.61. The molecule has 8 heteroatoms. The Morgan fingerprint density at radius 1 is 0.973 bits per heavy atom. The fourth-order valence-corrected chi connectivity index (χ4v) is 5.45. The minimum Gasteiger partial charge on any atom is -0.365 e.